The Balaban J connectivity index is 2.03. The lowest BCUT2D eigenvalue weighted by atomic mass is 10.0. The lowest BCUT2D eigenvalue weighted by Crippen LogP contribution is -2.41. The molecule has 1 fully saturated rings. The molecule has 7 heteroatoms. The molecule has 3 N–H and O–H groups in total. The number of alkyl carbamates (subject to hydrolysis) is 1. The summed E-state index contributed by atoms with van der Waals surface area (Å²) in [4.78, 5) is 13.6. The molecule has 0 radical (unpaired) electrons. The number of carbonyl (C=O) groups excluding carboxylic acids is 1. The molecule has 1 aliphatic rings. The standard InChI is InChI=1S/C13H23N5O2/c1-9(14)12(10-6-15-17(2)7-10)18-5-4-11(8-18)16-13(19)20-3/h6-7,9,11-12H,4-5,8,14H2,1-3H3,(H,16,19). The van der Waals surface area contributed by atoms with Crippen LogP contribution in [0.25, 0.3) is 0 Å². The Kier molecular flexibility index (Phi) is 4.61. The summed E-state index contributed by atoms with van der Waals surface area (Å²) in [5.74, 6) is 0. The number of ether oxygens (including phenoxy) is 1. The topological polar surface area (TPSA) is 85.4 Å². The molecule has 0 aromatic carbocycles. The van der Waals surface area contributed by atoms with Crippen molar-refractivity contribution in [2.75, 3.05) is 20.2 Å². The second-order valence-corrected chi connectivity index (χ2v) is 5.37. The molecular weight excluding hydrogens is 258 g/mol. The number of nitrogens with zero attached hydrogens (tertiary/aromatic N) is 3. The van der Waals surface area contributed by atoms with Gasteiger partial charge < -0.3 is 15.8 Å². The van der Waals surface area contributed by atoms with Crippen LogP contribution in [0.4, 0.5) is 4.79 Å². The number of aryl methyl sites for hydroxylation is 1. The van der Waals surface area contributed by atoms with Crippen LogP contribution < -0.4 is 11.1 Å². The summed E-state index contributed by atoms with van der Waals surface area (Å²) in [7, 11) is 3.27. The van der Waals surface area contributed by atoms with E-state index in [1.54, 1.807) is 4.68 Å². The summed E-state index contributed by atoms with van der Waals surface area (Å²) in [5.41, 5.74) is 7.25. The first kappa shape index (κ1) is 14.8. The van der Waals surface area contributed by atoms with E-state index in [1.165, 1.54) is 7.11 Å². The minimum atomic E-state index is -0.379. The van der Waals surface area contributed by atoms with Crippen molar-refractivity contribution in [2.45, 2.75) is 31.5 Å². The first-order valence-electron chi connectivity index (χ1n) is 6.84. The highest BCUT2D eigenvalue weighted by Gasteiger charge is 2.32. The second kappa shape index (κ2) is 6.23. The van der Waals surface area contributed by atoms with E-state index in [-0.39, 0.29) is 24.2 Å². The number of carbonyl (C=O) groups is 1. The van der Waals surface area contributed by atoms with Crippen LogP contribution in [0.1, 0.15) is 24.9 Å². The highest BCUT2D eigenvalue weighted by atomic mass is 16.5. The Bertz CT molecular complexity index is 459. The van der Waals surface area contributed by atoms with Gasteiger partial charge in [-0.15, -0.1) is 0 Å². The van der Waals surface area contributed by atoms with Crippen molar-refractivity contribution in [1.29, 1.82) is 0 Å². The maximum absolute atomic E-state index is 11.3. The molecule has 1 aromatic heterocycles. The minimum Gasteiger partial charge on any atom is -0.453 e. The van der Waals surface area contributed by atoms with Crippen molar-refractivity contribution < 1.29 is 9.53 Å². The number of aromatic nitrogens is 2. The Morgan fingerprint density at radius 1 is 1.65 bits per heavy atom. The average molecular weight is 281 g/mol. The quantitative estimate of drug-likeness (QED) is 0.825. The Hall–Kier alpha value is -1.60. The molecule has 0 spiro atoms. The van der Waals surface area contributed by atoms with E-state index >= 15 is 0 Å². The molecule has 0 bridgehead atoms. The fraction of sp³-hybridized carbons (Fsp3) is 0.692. The normalized spacial score (nSPS) is 22.5. The molecule has 7 nitrogen and oxygen atoms in total. The van der Waals surface area contributed by atoms with Crippen LogP contribution in [0.15, 0.2) is 12.4 Å². The predicted molar refractivity (Wildman–Crippen MR) is 75.1 cm³/mol. The van der Waals surface area contributed by atoms with Crippen molar-refractivity contribution in [3.63, 3.8) is 0 Å². The van der Waals surface area contributed by atoms with Crippen molar-refractivity contribution in [2.24, 2.45) is 12.8 Å². The zero-order chi connectivity index (χ0) is 14.7. The van der Waals surface area contributed by atoms with E-state index in [2.05, 4.69) is 20.1 Å². The van der Waals surface area contributed by atoms with E-state index in [1.807, 2.05) is 26.4 Å². The fourth-order valence-corrected chi connectivity index (χ4v) is 2.82. The zero-order valence-electron chi connectivity index (χ0n) is 12.2. The number of hydrogen-bond donors (Lipinski definition) is 2. The first-order chi connectivity index (χ1) is 9.51. The molecule has 2 rings (SSSR count). The molecule has 1 aliphatic heterocycles. The monoisotopic (exact) mass is 281 g/mol. The number of methoxy groups -OCH3 is 1. The van der Waals surface area contributed by atoms with Crippen LogP contribution >= 0.6 is 0 Å². The molecule has 20 heavy (non-hydrogen) atoms. The summed E-state index contributed by atoms with van der Waals surface area (Å²) in [6.45, 7) is 3.67. The van der Waals surface area contributed by atoms with Gasteiger partial charge >= 0.3 is 6.09 Å². The van der Waals surface area contributed by atoms with Crippen molar-refractivity contribution >= 4 is 6.09 Å². The SMILES string of the molecule is COC(=O)NC1CCN(C(c2cnn(C)c2)C(C)N)C1. The minimum absolute atomic E-state index is 0.00363. The molecular formula is C13H23N5O2. The van der Waals surface area contributed by atoms with Gasteiger partial charge in [0.05, 0.1) is 19.3 Å². The van der Waals surface area contributed by atoms with Gasteiger partial charge in [-0.1, -0.05) is 0 Å². The second-order valence-electron chi connectivity index (χ2n) is 5.37. The Labute approximate surface area is 119 Å². The van der Waals surface area contributed by atoms with Gasteiger partial charge in [0.2, 0.25) is 0 Å². The molecule has 3 atom stereocenters. The zero-order valence-corrected chi connectivity index (χ0v) is 12.2. The van der Waals surface area contributed by atoms with Crippen LogP contribution in [-0.4, -0.2) is 53.1 Å². The summed E-state index contributed by atoms with van der Waals surface area (Å²) >= 11 is 0. The summed E-state index contributed by atoms with van der Waals surface area (Å²) in [5, 5.41) is 7.06. The first-order valence-corrected chi connectivity index (χ1v) is 6.84. The smallest absolute Gasteiger partial charge is 0.407 e. The van der Waals surface area contributed by atoms with Crippen LogP contribution in [0, 0.1) is 0 Å². The lowest BCUT2D eigenvalue weighted by molar-refractivity contribution is 0.164. The molecule has 3 unspecified atom stereocenters. The van der Waals surface area contributed by atoms with Crippen LogP contribution in [0.5, 0.6) is 0 Å². The number of nitrogens with one attached hydrogen (secondary N) is 1. The van der Waals surface area contributed by atoms with Crippen LogP contribution in [-0.2, 0) is 11.8 Å². The highest BCUT2D eigenvalue weighted by molar-refractivity contribution is 5.67. The largest absolute Gasteiger partial charge is 0.453 e. The van der Waals surface area contributed by atoms with E-state index in [9.17, 15) is 4.79 Å². The molecule has 1 aromatic rings. The van der Waals surface area contributed by atoms with E-state index in [0.717, 1.165) is 25.1 Å². The van der Waals surface area contributed by atoms with Gasteiger partial charge in [-0.3, -0.25) is 9.58 Å². The Morgan fingerprint density at radius 2 is 2.40 bits per heavy atom. The maximum Gasteiger partial charge on any atom is 0.407 e. The molecule has 0 saturated carbocycles. The van der Waals surface area contributed by atoms with Gasteiger partial charge in [0.1, 0.15) is 0 Å². The Morgan fingerprint density at radius 3 is 2.95 bits per heavy atom. The molecule has 0 aliphatic carbocycles. The third kappa shape index (κ3) is 3.29. The molecule has 2 heterocycles. The molecule has 1 amide bonds. The number of amides is 1. The van der Waals surface area contributed by atoms with Crippen molar-refractivity contribution in [3.05, 3.63) is 18.0 Å². The average Bonchev–Trinajstić information content (AvgIpc) is 2.99. The number of hydrogen-bond acceptors (Lipinski definition) is 5. The van der Waals surface area contributed by atoms with Gasteiger partial charge in [-0.25, -0.2) is 4.79 Å². The predicted octanol–water partition coefficient (Wildman–Crippen LogP) is 0.239. The van der Waals surface area contributed by atoms with Gasteiger partial charge in [0.15, 0.2) is 0 Å². The van der Waals surface area contributed by atoms with Gasteiger partial charge in [-0.05, 0) is 13.3 Å². The van der Waals surface area contributed by atoms with Gasteiger partial charge in [0.25, 0.3) is 0 Å². The van der Waals surface area contributed by atoms with Gasteiger partial charge in [-0.2, -0.15) is 5.10 Å². The fourth-order valence-electron chi connectivity index (χ4n) is 2.82. The third-order valence-electron chi connectivity index (χ3n) is 3.68. The summed E-state index contributed by atoms with van der Waals surface area (Å²) in [6, 6.07) is 0.226. The highest BCUT2D eigenvalue weighted by Crippen LogP contribution is 2.27. The lowest BCUT2D eigenvalue weighted by Gasteiger charge is -2.30. The van der Waals surface area contributed by atoms with Crippen LogP contribution in [0.3, 0.4) is 0 Å². The maximum atomic E-state index is 11.3. The number of likely N-dealkylation sites (tertiary alicyclic amines) is 1. The van der Waals surface area contributed by atoms with Crippen LogP contribution in [0.2, 0.25) is 0 Å². The van der Waals surface area contributed by atoms with E-state index < -0.39 is 0 Å². The van der Waals surface area contributed by atoms with Gasteiger partial charge in [0, 0.05) is 44.0 Å². The third-order valence-corrected chi connectivity index (χ3v) is 3.68. The van der Waals surface area contributed by atoms with Crippen molar-refractivity contribution in [3.8, 4) is 0 Å². The molecule has 112 valence electrons. The van der Waals surface area contributed by atoms with Crippen molar-refractivity contribution in [1.82, 2.24) is 20.0 Å². The number of nitrogens with two attached hydrogens (primary N) is 1. The molecule has 1 saturated heterocycles. The summed E-state index contributed by atoms with van der Waals surface area (Å²) in [6.07, 6.45) is 4.37. The summed E-state index contributed by atoms with van der Waals surface area (Å²) < 4.78 is 6.42. The number of rotatable bonds is 4. The van der Waals surface area contributed by atoms with E-state index in [0.29, 0.717) is 0 Å². The van der Waals surface area contributed by atoms with E-state index in [4.69, 9.17) is 5.73 Å².